The summed E-state index contributed by atoms with van der Waals surface area (Å²) in [6.45, 7) is 0. The molecule has 2 N–H and O–H groups in total. The summed E-state index contributed by atoms with van der Waals surface area (Å²) in [5, 5.41) is 13.7. The first-order chi connectivity index (χ1) is 10.5. The van der Waals surface area contributed by atoms with Crippen molar-refractivity contribution in [2.75, 3.05) is 7.11 Å². The molecule has 0 saturated carbocycles. The fourth-order valence-corrected chi connectivity index (χ4v) is 2.54. The van der Waals surface area contributed by atoms with E-state index in [4.69, 9.17) is 4.74 Å². The van der Waals surface area contributed by atoms with Gasteiger partial charge in [-0.3, -0.25) is 4.79 Å². The number of phenolic OH excluding ortho intramolecular Hbond substituents is 1. The van der Waals surface area contributed by atoms with Gasteiger partial charge in [-0.2, -0.15) is 5.10 Å². The Morgan fingerprint density at radius 1 is 1.36 bits per heavy atom. The second kappa shape index (κ2) is 7.59. The maximum Gasteiger partial charge on any atom is 0.271 e. The van der Waals surface area contributed by atoms with Gasteiger partial charge in [0.05, 0.1) is 16.9 Å². The molecule has 5 nitrogen and oxygen atoms in total. The molecule has 0 radical (unpaired) electrons. The number of halogens is 2. The standard InChI is InChI=1S/C15H12BrIN2O3/c1-22-13-7-9(6-12(17)14(13)20)8-18-19-15(21)10-2-4-11(16)5-3-10/h2-8,20H,1H3,(H,19,21). The summed E-state index contributed by atoms with van der Waals surface area (Å²) < 4.78 is 6.60. The number of nitrogens with one attached hydrogen (secondary N) is 1. The molecular formula is C15H12BrIN2O3. The van der Waals surface area contributed by atoms with Crippen LogP contribution in [0.4, 0.5) is 0 Å². The molecule has 0 saturated heterocycles. The normalized spacial score (nSPS) is 10.7. The molecule has 0 unspecified atom stereocenters. The number of phenols is 1. The Balaban J connectivity index is 2.08. The lowest BCUT2D eigenvalue weighted by Crippen LogP contribution is -2.17. The monoisotopic (exact) mass is 474 g/mol. The van der Waals surface area contributed by atoms with Crippen LogP contribution in [-0.4, -0.2) is 24.3 Å². The lowest BCUT2D eigenvalue weighted by atomic mass is 10.2. The second-order valence-corrected chi connectivity index (χ2v) is 6.34. The maximum absolute atomic E-state index is 11.9. The molecule has 0 spiro atoms. The van der Waals surface area contributed by atoms with E-state index in [1.165, 1.54) is 13.3 Å². The maximum atomic E-state index is 11.9. The quantitative estimate of drug-likeness (QED) is 0.404. The van der Waals surface area contributed by atoms with E-state index in [1.54, 1.807) is 36.4 Å². The Kier molecular flexibility index (Phi) is 5.78. The number of carbonyl (C=O) groups excluding carboxylic acids is 1. The number of hydrazone groups is 1. The zero-order chi connectivity index (χ0) is 16.1. The summed E-state index contributed by atoms with van der Waals surface area (Å²) in [5.74, 6) is 0.135. The number of hydrogen-bond acceptors (Lipinski definition) is 4. The van der Waals surface area contributed by atoms with E-state index in [-0.39, 0.29) is 11.7 Å². The summed E-state index contributed by atoms with van der Waals surface area (Å²) in [4.78, 5) is 11.9. The number of ether oxygens (including phenoxy) is 1. The van der Waals surface area contributed by atoms with E-state index in [0.29, 0.717) is 20.4 Å². The number of aromatic hydroxyl groups is 1. The molecule has 2 rings (SSSR count). The molecule has 0 heterocycles. The molecular weight excluding hydrogens is 463 g/mol. The van der Waals surface area contributed by atoms with Gasteiger partial charge in [-0.15, -0.1) is 0 Å². The largest absolute Gasteiger partial charge is 0.504 e. The molecule has 114 valence electrons. The predicted octanol–water partition coefficient (Wildman–Crippen LogP) is 3.53. The predicted molar refractivity (Wildman–Crippen MR) is 96.6 cm³/mol. The zero-order valence-electron chi connectivity index (χ0n) is 11.5. The van der Waals surface area contributed by atoms with Crippen molar-refractivity contribution in [2.45, 2.75) is 0 Å². The minimum absolute atomic E-state index is 0.0825. The van der Waals surface area contributed by atoms with Crippen molar-refractivity contribution in [3.63, 3.8) is 0 Å². The fourth-order valence-electron chi connectivity index (χ4n) is 1.66. The molecule has 1 amide bonds. The van der Waals surface area contributed by atoms with Crippen LogP contribution in [-0.2, 0) is 0 Å². The van der Waals surface area contributed by atoms with Crippen molar-refractivity contribution in [3.05, 3.63) is 55.6 Å². The minimum atomic E-state index is -0.302. The van der Waals surface area contributed by atoms with Gasteiger partial charge in [-0.05, 0) is 64.6 Å². The van der Waals surface area contributed by atoms with Crippen LogP contribution in [0.25, 0.3) is 0 Å². The summed E-state index contributed by atoms with van der Waals surface area (Å²) in [5.41, 5.74) is 3.66. The highest BCUT2D eigenvalue weighted by atomic mass is 127. The van der Waals surface area contributed by atoms with Crippen LogP contribution in [0.3, 0.4) is 0 Å². The number of rotatable bonds is 4. The summed E-state index contributed by atoms with van der Waals surface area (Å²) in [7, 11) is 1.47. The lowest BCUT2D eigenvalue weighted by molar-refractivity contribution is 0.0955. The zero-order valence-corrected chi connectivity index (χ0v) is 15.3. The summed E-state index contributed by atoms with van der Waals surface area (Å²) in [6.07, 6.45) is 1.49. The number of nitrogens with zero attached hydrogens (tertiary/aromatic N) is 1. The Hall–Kier alpha value is -1.61. The highest BCUT2D eigenvalue weighted by molar-refractivity contribution is 14.1. The Morgan fingerprint density at radius 3 is 2.68 bits per heavy atom. The topological polar surface area (TPSA) is 70.9 Å². The van der Waals surface area contributed by atoms with Gasteiger partial charge in [0.1, 0.15) is 0 Å². The second-order valence-electron chi connectivity index (χ2n) is 4.26. The highest BCUT2D eigenvalue weighted by Crippen LogP contribution is 2.31. The van der Waals surface area contributed by atoms with E-state index in [1.807, 2.05) is 22.6 Å². The third-order valence-electron chi connectivity index (χ3n) is 2.76. The molecule has 0 aromatic heterocycles. The first-order valence-corrected chi connectivity index (χ1v) is 8.04. The van der Waals surface area contributed by atoms with E-state index in [2.05, 4.69) is 26.5 Å². The van der Waals surface area contributed by atoms with E-state index in [0.717, 1.165) is 4.47 Å². The van der Waals surface area contributed by atoms with Crippen LogP contribution < -0.4 is 10.2 Å². The van der Waals surface area contributed by atoms with Gasteiger partial charge in [0.2, 0.25) is 0 Å². The Labute approximate surface area is 149 Å². The van der Waals surface area contributed by atoms with Crippen molar-refractivity contribution in [3.8, 4) is 11.5 Å². The number of methoxy groups -OCH3 is 1. The van der Waals surface area contributed by atoms with Gasteiger partial charge in [0.15, 0.2) is 11.5 Å². The van der Waals surface area contributed by atoms with Crippen molar-refractivity contribution >= 4 is 50.6 Å². The first-order valence-electron chi connectivity index (χ1n) is 6.16. The molecule has 0 aliphatic rings. The van der Waals surface area contributed by atoms with Crippen LogP contribution >= 0.6 is 38.5 Å². The van der Waals surface area contributed by atoms with E-state index < -0.39 is 0 Å². The van der Waals surface area contributed by atoms with E-state index >= 15 is 0 Å². The molecule has 22 heavy (non-hydrogen) atoms. The molecule has 2 aromatic rings. The van der Waals surface area contributed by atoms with Crippen LogP contribution in [0.2, 0.25) is 0 Å². The van der Waals surface area contributed by atoms with Crippen LogP contribution in [0.5, 0.6) is 11.5 Å². The average Bonchev–Trinajstić information content (AvgIpc) is 2.51. The molecule has 0 atom stereocenters. The van der Waals surface area contributed by atoms with Crippen molar-refractivity contribution in [2.24, 2.45) is 5.10 Å². The van der Waals surface area contributed by atoms with E-state index in [9.17, 15) is 9.90 Å². The van der Waals surface area contributed by atoms with Crippen LogP contribution in [0, 0.1) is 3.57 Å². The van der Waals surface area contributed by atoms with Gasteiger partial charge in [0.25, 0.3) is 5.91 Å². The van der Waals surface area contributed by atoms with Gasteiger partial charge < -0.3 is 9.84 Å². The molecule has 0 fully saturated rings. The molecule has 0 aliphatic heterocycles. The molecule has 0 bridgehead atoms. The summed E-state index contributed by atoms with van der Waals surface area (Å²) >= 11 is 5.30. The van der Waals surface area contributed by atoms with Gasteiger partial charge in [-0.1, -0.05) is 15.9 Å². The number of hydrogen-bond donors (Lipinski definition) is 2. The van der Waals surface area contributed by atoms with Gasteiger partial charge in [-0.25, -0.2) is 5.43 Å². The third-order valence-corrected chi connectivity index (χ3v) is 4.11. The van der Waals surface area contributed by atoms with Crippen LogP contribution in [0.15, 0.2) is 46.0 Å². The Bertz CT molecular complexity index is 717. The first kappa shape index (κ1) is 16.8. The molecule has 7 heteroatoms. The van der Waals surface area contributed by atoms with Gasteiger partial charge >= 0.3 is 0 Å². The molecule has 2 aromatic carbocycles. The van der Waals surface area contributed by atoms with Gasteiger partial charge in [0, 0.05) is 10.0 Å². The van der Waals surface area contributed by atoms with Crippen molar-refractivity contribution in [1.82, 2.24) is 5.43 Å². The summed E-state index contributed by atoms with van der Waals surface area (Å²) in [6, 6.07) is 10.3. The van der Waals surface area contributed by atoms with Crippen molar-refractivity contribution in [1.29, 1.82) is 0 Å². The SMILES string of the molecule is COc1cc(C=NNC(=O)c2ccc(Br)cc2)cc(I)c1O. The number of carbonyl (C=O) groups is 1. The minimum Gasteiger partial charge on any atom is -0.504 e. The molecule has 0 aliphatic carbocycles. The Morgan fingerprint density at radius 2 is 2.05 bits per heavy atom. The number of amides is 1. The smallest absolute Gasteiger partial charge is 0.271 e. The highest BCUT2D eigenvalue weighted by Gasteiger charge is 2.07. The number of benzene rings is 2. The lowest BCUT2D eigenvalue weighted by Gasteiger charge is -2.06. The van der Waals surface area contributed by atoms with Crippen molar-refractivity contribution < 1.29 is 14.6 Å². The average molecular weight is 475 g/mol. The third kappa shape index (κ3) is 4.20. The van der Waals surface area contributed by atoms with Crippen LogP contribution in [0.1, 0.15) is 15.9 Å². The fraction of sp³-hybridized carbons (Fsp3) is 0.0667.